The second kappa shape index (κ2) is 5.54. The zero-order valence-corrected chi connectivity index (χ0v) is 11.0. The van der Waals surface area contributed by atoms with E-state index in [1.165, 1.54) is 0 Å². The van der Waals surface area contributed by atoms with Gasteiger partial charge in [0.1, 0.15) is 5.03 Å². The topological polar surface area (TPSA) is 38.9 Å². The number of nitrogens with two attached hydrogens (primary N) is 1. The van der Waals surface area contributed by atoms with Crippen molar-refractivity contribution in [2.45, 2.75) is 22.9 Å². The molecular formula is C13H13ClN2S. The summed E-state index contributed by atoms with van der Waals surface area (Å²) in [5.41, 5.74) is 7.05. The molecule has 1 aromatic carbocycles. The summed E-state index contributed by atoms with van der Waals surface area (Å²) in [6.07, 6.45) is 1.74. The summed E-state index contributed by atoms with van der Waals surface area (Å²) in [5, 5.41) is 1.47. The molecule has 2 nitrogen and oxygen atoms in total. The molecule has 1 aromatic heterocycles. The SMILES string of the molecule is CC(N)c1ccccc1Sc1ncccc1Cl. The van der Waals surface area contributed by atoms with Crippen LogP contribution in [0.15, 0.2) is 52.5 Å². The lowest BCUT2D eigenvalue weighted by Gasteiger charge is -2.11. The van der Waals surface area contributed by atoms with E-state index in [9.17, 15) is 0 Å². The standard InChI is InChI=1S/C13H13ClN2S/c1-9(15)10-5-2-3-7-12(10)17-13-11(14)6-4-8-16-13/h2-9H,15H2,1H3. The highest BCUT2D eigenvalue weighted by Gasteiger charge is 2.09. The Bertz CT molecular complexity index is 514. The van der Waals surface area contributed by atoms with E-state index in [-0.39, 0.29) is 6.04 Å². The number of pyridine rings is 1. The van der Waals surface area contributed by atoms with Gasteiger partial charge in [0.2, 0.25) is 0 Å². The lowest BCUT2D eigenvalue weighted by molar-refractivity contribution is 0.797. The number of hydrogen-bond acceptors (Lipinski definition) is 3. The van der Waals surface area contributed by atoms with Crippen LogP contribution in [0.1, 0.15) is 18.5 Å². The molecule has 0 saturated heterocycles. The molecule has 0 bridgehead atoms. The highest BCUT2D eigenvalue weighted by Crippen LogP contribution is 2.34. The number of halogens is 1. The fraction of sp³-hybridized carbons (Fsp3) is 0.154. The third kappa shape index (κ3) is 3.00. The van der Waals surface area contributed by atoms with Gasteiger partial charge in [0, 0.05) is 17.1 Å². The summed E-state index contributed by atoms with van der Waals surface area (Å²) in [7, 11) is 0. The summed E-state index contributed by atoms with van der Waals surface area (Å²) in [6, 6.07) is 11.7. The first-order valence-corrected chi connectivity index (χ1v) is 6.51. The van der Waals surface area contributed by atoms with Crippen LogP contribution in [-0.4, -0.2) is 4.98 Å². The first-order valence-electron chi connectivity index (χ1n) is 5.31. The van der Waals surface area contributed by atoms with Crippen molar-refractivity contribution in [3.05, 3.63) is 53.2 Å². The molecule has 2 rings (SSSR count). The fourth-order valence-electron chi connectivity index (χ4n) is 1.50. The van der Waals surface area contributed by atoms with Crippen molar-refractivity contribution < 1.29 is 0 Å². The minimum absolute atomic E-state index is 0.00110. The number of rotatable bonds is 3. The van der Waals surface area contributed by atoms with E-state index < -0.39 is 0 Å². The van der Waals surface area contributed by atoms with Crippen LogP contribution < -0.4 is 5.73 Å². The molecule has 1 atom stereocenters. The average Bonchev–Trinajstić information content (AvgIpc) is 2.32. The molecule has 0 spiro atoms. The van der Waals surface area contributed by atoms with Crippen molar-refractivity contribution in [2.75, 3.05) is 0 Å². The third-order valence-electron chi connectivity index (χ3n) is 2.34. The van der Waals surface area contributed by atoms with Gasteiger partial charge in [0.05, 0.1) is 5.02 Å². The van der Waals surface area contributed by atoms with Gasteiger partial charge in [-0.2, -0.15) is 0 Å². The van der Waals surface area contributed by atoms with Gasteiger partial charge in [-0.3, -0.25) is 0 Å². The maximum Gasteiger partial charge on any atom is 0.119 e. The molecule has 0 aliphatic carbocycles. The minimum Gasteiger partial charge on any atom is -0.324 e. The van der Waals surface area contributed by atoms with Crippen molar-refractivity contribution in [3.63, 3.8) is 0 Å². The van der Waals surface area contributed by atoms with Crippen molar-refractivity contribution in [3.8, 4) is 0 Å². The van der Waals surface area contributed by atoms with Crippen LogP contribution >= 0.6 is 23.4 Å². The van der Waals surface area contributed by atoms with Crippen LogP contribution in [0.2, 0.25) is 5.02 Å². The normalized spacial score (nSPS) is 12.4. The van der Waals surface area contributed by atoms with Crippen LogP contribution in [0.25, 0.3) is 0 Å². The van der Waals surface area contributed by atoms with Crippen LogP contribution in [-0.2, 0) is 0 Å². The van der Waals surface area contributed by atoms with E-state index in [4.69, 9.17) is 17.3 Å². The molecule has 2 aromatic rings. The van der Waals surface area contributed by atoms with E-state index in [2.05, 4.69) is 4.98 Å². The fourth-order valence-corrected chi connectivity index (χ4v) is 2.74. The molecular weight excluding hydrogens is 252 g/mol. The number of nitrogens with zero attached hydrogens (tertiary/aromatic N) is 1. The van der Waals surface area contributed by atoms with Crippen LogP contribution in [0.3, 0.4) is 0 Å². The first-order chi connectivity index (χ1) is 8.18. The molecule has 0 aliphatic rings. The van der Waals surface area contributed by atoms with Crippen LogP contribution in [0.4, 0.5) is 0 Å². The quantitative estimate of drug-likeness (QED) is 0.914. The summed E-state index contributed by atoms with van der Waals surface area (Å²) < 4.78 is 0. The van der Waals surface area contributed by atoms with E-state index in [1.807, 2.05) is 43.3 Å². The zero-order chi connectivity index (χ0) is 12.3. The molecule has 0 fully saturated rings. The molecule has 1 heterocycles. The monoisotopic (exact) mass is 264 g/mol. The smallest absolute Gasteiger partial charge is 0.119 e. The Kier molecular flexibility index (Phi) is 4.05. The number of hydrogen-bond donors (Lipinski definition) is 1. The molecule has 0 saturated carbocycles. The van der Waals surface area contributed by atoms with E-state index in [0.717, 1.165) is 15.5 Å². The Morgan fingerprint density at radius 2 is 2.00 bits per heavy atom. The molecule has 17 heavy (non-hydrogen) atoms. The third-order valence-corrected chi connectivity index (χ3v) is 3.87. The van der Waals surface area contributed by atoms with Gasteiger partial charge in [0.15, 0.2) is 0 Å². The van der Waals surface area contributed by atoms with Gasteiger partial charge in [-0.05, 0) is 30.7 Å². The lowest BCUT2D eigenvalue weighted by Crippen LogP contribution is -2.06. The summed E-state index contributed by atoms with van der Waals surface area (Å²) >= 11 is 7.64. The second-order valence-electron chi connectivity index (χ2n) is 3.72. The number of aromatic nitrogens is 1. The van der Waals surface area contributed by atoms with Crippen molar-refractivity contribution in [2.24, 2.45) is 5.73 Å². The molecule has 0 aliphatic heterocycles. The minimum atomic E-state index is 0.00110. The predicted octanol–water partition coefficient (Wildman–Crippen LogP) is 3.91. The molecule has 0 radical (unpaired) electrons. The van der Waals surface area contributed by atoms with Gasteiger partial charge in [-0.1, -0.05) is 41.6 Å². The first kappa shape index (κ1) is 12.4. The van der Waals surface area contributed by atoms with Crippen molar-refractivity contribution >= 4 is 23.4 Å². The maximum absolute atomic E-state index is 6.09. The summed E-state index contributed by atoms with van der Waals surface area (Å²) in [6.45, 7) is 1.97. The van der Waals surface area contributed by atoms with E-state index in [0.29, 0.717) is 5.02 Å². The Balaban J connectivity index is 2.34. The van der Waals surface area contributed by atoms with Gasteiger partial charge >= 0.3 is 0 Å². The van der Waals surface area contributed by atoms with Gasteiger partial charge in [-0.25, -0.2) is 4.98 Å². The highest BCUT2D eigenvalue weighted by atomic mass is 35.5. The zero-order valence-electron chi connectivity index (χ0n) is 9.43. The summed E-state index contributed by atoms with van der Waals surface area (Å²) in [4.78, 5) is 5.36. The van der Waals surface area contributed by atoms with Crippen molar-refractivity contribution in [1.29, 1.82) is 0 Å². The Hall–Kier alpha value is -1.03. The summed E-state index contributed by atoms with van der Waals surface area (Å²) in [5.74, 6) is 0. The molecule has 2 N–H and O–H groups in total. The Labute approximate surface area is 110 Å². The van der Waals surface area contributed by atoms with Crippen LogP contribution in [0, 0.1) is 0 Å². The number of benzene rings is 1. The maximum atomic E-state index is 6.09. The van der Waals surface area contributed by atoms with Gasteiger partial charge in [0.25, 0.3) is 0 Å². The molecule has 0 amide bonds. The average molecular weight is 265 g/mol. The van der Waals surface area contributed by atoms with Crippen LogP contribution in [0.5, 0.6) is 0 Å². The van der Waals surface area contributed by atoms with E-state index in [1.54, 1.807) is 18.0 Å². The van der Waals surface area contributed by atoms with Gasteiger partial charge < -0.3 is 5.73 Å². The predicted molar refractivity (Wildman–Crippen MR) is 72.4 cm³/mol. The Morgan fingerprint density at radius 1 is 1.24 bits per heavy atom. The highest BCUT2D eigenvalue weighted by molar-refractivity contribution is 7.99. The lowest BCUT2D eigenvalue weighted by atomic mass is 10.1. The largest absolute Gasteiger partial charge is 0.324 e. The Morgan fingerprint density at radius 3 is 2.71 bits per heavy atom. The van der Waals surface area contributed by atoms with E-state index >= 15 is 0 Å². The second-order valence-corrected chi connectivity index (χ2v) is 5.16. The molecule has 88 valence electrons. The van der Waals surface area contributed by atoms with Gasteiger partial charge in [-0.15, -0.1) is 0 Å². The molecule has 1 unspecified atom stereocenters. The molecule has 4 heteroatoms. The van der Waals surface area contributed by atoms with Crippen molar-refractivity contribution in [1.82, 2.24) is 4.98 Å².